The van der Waals surface area contributed by atoms with Crippen molar-refractivity contribution in [3.05, 3.63) is 28.0 Å². The predicted molar refractivity (Wildman–Crippen MR) is 89.2 cm³/mol. The maximum atomic E-state index is 6.39. The summed E-state index contributed by atoms with van der Waals surface area (Å²) in [7, 11) is 4.18. The number of imidazole rings is 1. The van der Waals surface area contributed by atoms with E-state index in [4.69, 9.17) is 23.8 Å². The minimum Gasteiger partial charge on any atom is -0.331 e. The Morgan fingerprint density at radius 1 is 1.35 bits per heavy atom. The zero-order valence-corrected chi connectivity index (χ0v) is 14.1. The molecule has 2 aromatic rings. The lowest BCUT2D eigenvalue weighted by molar-refractivity contribution is 0.291. The molecule has 0 saturated carbocycles. The van der Waals surface area contributed by atoms with Crippen molar-refractivity contribution in [2.45, 2.75) is 26.3 Å². The second-order valence-corrected chi connectivity index (χ2v) is 6.78. The Bertz CT molecular complexity index is 632. The molecule has 5 heteroatoms. The minimum atomic E-state index is 0.325. The lowest BCUT2D eigenvalue weighted by Gasteiger charge is -2.25. The molecular weight excluding hydrogens is 290 g/mol. The van der Waals surface area contributed by atoms with Crippen LogP contribution in [0.2, 0.25) is 5.02 Å². The van der Waals surface area contributed by atoms with E-state index in [1.807, 2.05) is 18.2 Å². The molecule has 0 aliphatic rings. The van der Waals surface area contributed by atoms with Crippen molar-refractivity contribution in [1.29, 1.82) is 0 Å². The number of aromatic amines is 1. The van der Waals surface area contributed by atoms with Gasteiger partial charge in [-0.25, -0.2) is 0 Å². The number of halogens is 1. The van der Waals surface area contributed by atoms with E-state index in [9.17, 15) is 0 Å². The zero-order chi connectivity index (χ0) is 14.9. The van der Waals surface area contributed by atoms with Crippen LogP contribution >= 0.6 is 23.8 Å². The normalized spacial score (nSPS) is 13.6. The average molecular weight is 312 g/mol. The topological polar surface area (TPSA) is 24.0 Å². The molecule has 1 aromatic heterocycles. The van der Waals surface area contributed by atoms with Gasteiger partial charge in [0.25, 0.3) is 0 Å². The SMILES string of the molecule is CC(C)CC(CN(C)C)n1c(=S)[nH]c2cccc(Cl)c21. The first-order valence-electron chi connectivity index (χ1n) is 6.93. The number of H-pyrrole nitrogens is 1. The smallest absolute Gasteiger partial charge is 0.178 e. The third kappa shape index (κ3) is 3.25. The number of rotatable bonds is 5. The van der Waals surface area contributed by atoms with Crippen LogP contribution in [0.1, 0.15) is 26.3 Å². The van der Waals surface area contributed by atoms with Crippen LogP contribution in [0.5, 0.6) is 0 Å². The zero-order valence-electron chi connectivity index (χ0n) is 12.5. The molecule has 0 spiro atoms. The number of hydrogen-bond donors (Lipinski definition) is 1. The number of likely N-dealkylation sites (N-methyl/N-ethyl adjacent to an activating group) is 1. The van der Waals surface area contributed by atoms with Crippen molar-refractivity contribution in [1.82, 2.24) is 14.5 Å². The summed E-state index contributed by atoms with van der Waals surface area (Å²) < 4.78 is 2.94. The van der Waals surface area contributed by atoms with Gasteiger partial charge in [0.15, 0.2) is 4.77 Å². The summed E-state index contributed by atoms with van der Waals surface area (Å²) in [6.45, 7) is 5.43. The molecule has 1 heterocycles. The van der Waals surface area contributed by atoms with Crippen LogP contribution in [0.15, 0.2) is 18.2 Å². The minimum absolute atomic E-state index is 0.325. The molecule has 3 nitrogen and oxygen atoms in total. The van der Waals surface area contributed by atoms with E-state index in [2.05, 4.69) is 42.4 Å². The summed E-state index contributed by atoms with van der Waals surface area (Å²) in [6, 6.07) is 6.22. The van der Waals surface area contributed by atoms with E-state index in [0.717, 1.165) is 33.8 Å². The molecule has 0 aliphatic heterocycles. The fraction of sp³-hybridized carbons (Fsp3) is 0.533. The van der Waals surface area contributed by atoms with Crippen molar-refractivity contribution in [3.63, 3.8) is 0 Å². The fourth-order valence-electron chi connectivity index (χ4n) is 2.71. The van der Waals surface area contributed by atoms with E-state index in [1.54, 1.807) is 0 Å². The van der Waals surface area contributed by atoms with Gasteiger partial charge in [-0.2, -0.15) is 0 Å². The van der Waals surface area contributed by atoms with Crippen LogP contribution in [0.3, 0.4) is 0 Å². The van der Waals surface area contributed by atoms with Gasteiger partial charge in [0.1, 0.15) is 0 Å². The Hall–Kier alpha value is -0.840. The Morgan fingerprint density at radius 3 is 2.65 bits per heavy atom. The highest BCUT2D eigenvalue weighted by atomic mass is 35.5. The summed E-state index contributed by atoms with van der Waals surface area (Å²) >= 11 is 11.9. The van der Waals surface area contributed by atoms with Crippen LogP contribution in [-0.4, -0.2) is 35.1 Å². The number of nitrogens with zero attached hydrogens (tertiary/aromatic N) is 2. The molecule has 1 aromatic carbocycles. The Balaban J connectivity index is 2.57. The van der Waals surface area contributed by atoms with Gasteiger partial charge in [-0.3, -0.25) is 0 Å². The molecular formula is C15H22ClN3S. The summed E-state index contributed by atoms with van der Waals surface area (Å²) in [5.41, 5.74) is 2.03. The number of benzene rings is 1. The van der Waals surface area contributed by atoms with E-state index in [-0.39, 0.29) is 0 Å². The molecule has 20 heavy (non-hydrogen) atoms. The van der Waals surface area contributed by atoms with Gasteiger partial charge in [-0.05, 0) is 50.8 Å². The highest BCUT2D eigenvalue weighted by molar-refractivity contribution is 7.71. The third-order valence-corrected chi connectivity index (χ3v) is 3.98. The van der Waals surface area contributed by atoms with E-state index < -0.39 is 0 Å². The summed E-state index contributed by atoms with van der Waals surface area (Å²) in [6.07, 6.45) is 1.07. The Kier molecular flexibility index (Phi) is 4.89. The molecule has 0 amide bonds. The van der Waals surface area contributed by atoms with Gasteiger partial charge in [-0.15, -0.1) is 0 Å². The highest BCUT2D eigenvalue weighted by Gasteiger charge is 2.19. The van der Waals surface area contributed by atoms with Gasteiger partial charge in [-0.1, -0.05) is 31.5 Å². The number of hydrogen-bond acceptors (Lipinski definition) is 2. The predicted octanol–water partition coefficient (Wildman–Crippen LogP) is 4.50. The first kappa shape index (κ1) is 15.5. The van der Waals surface area contributed by atoms with Gasteiger partial charge in [0.05, 0.1) is 16.1 Å². The average Bonchev–Trinajstić information content (AvgIpc) is 2.64. The largest absolute Gasteiger partial charge is 0.331 e. The second-order valence-electron chi connectivity index (χ2n) is 5.98. The van der Waals surface area contributed by atoms with Crippen molar-refractivity contribution in [2.75, 3.05) is 20.6 Å². The van der Waals surface area contributed by atoms with Crippen LogP contribution < -0.4 is 0 Å². The van der Waals surface area contributed by atoms with Gasteiger partial charge < -0.3 is 14.5 Å². The molecule has 0 aliphatic carbocycles. The van der Waals surface area contributed by atoms with E-state index in [0.29, 0.717) is 12.0 Å². The van der Waals surface area contributed by atoms with Crippen molar-refractivity contribution in [2.24, 2.45) is 5.92 Å². The summed E-state index contributed by atoms with van der Waals surface area (Å²) in [4.78, 5) is 5.47. The molecule has 1 unspecified atom stereocenters. The lowest BCUT2D eigenvalue weighted by Crippen LogP contribution is -2.26. The maximum absolute atomic E-state index is 6.39. The molecule has 0 fully saturated rings. The van der Waals surface area contributed by atoms with Crippen LogP contribution in [0, 0.1) is 10.7 Å². The fourth-order valence-corrected chi connectivity index (χ4v) is 3.33. The second kappa shape index (κ2) is 6.29. The number of aromatic nitrogens is 2. The molecule has 1 atom stereocenters. The number of para-hydroxylation sites is 1. The van der Waals surface area contributed by atoms with Gasteiger partial charge in [0.2, 0.25) is 0 Å². The standard InChI is InChI=1S/C15H22ClN3S/c1-10(2)8-11(9-18(3)4)19-14-12(16)6-5-7-13(14)17-15(19)20/h5-7,10-11H,8-9H2,1-4H3,(H,17,20). The molecule has 110 valence electrons. The third-order valence-electron chi connectivity index (χ3n) is 3.37. The monoisotopic (exact) mass is 311 g/mol. The van der Waals surface area contributed by atoms with E-state index in [1.165, 1.54) is 0 Å². The number of nitrogens with one attached hydrogen (secondary N) is 1. The lowest BCUT2D eigenvalue weighted by atomic mass is 10.0. The van der Waals surface area contributed by atoms with E-state index >= 15 is 0 Å². The van der Waals surface area contributed by atoms with Crippen LogP contribution in [0.25, 0.3) is 11.0 Å². The van der Waals surface area contributed by atoms with Crippen LogP contribution in [0.4, 0.5) is 0 Å². The molecule has 0 bridgehead atoms. The summed E-state index contributed by atoms with van der Waals surface area (Å²) in [5.74, 6) is 0.606. The van der Waals surface area contributed by atoms with Gasteiger partial charge >= 0.3 is 0 Å². The first-order valence-corrected chi connectivity index (χ1v) is 7.72. The van der Waals surface area contributed by atoms with Crippen molar-refractivity contribution < 1.29 is 0 Å². The Labute approximate surface area is 130 Å². The first-order chi connectivity index (χ1) is 9.40. The highest BCUT2D eigenvalue weighted by Crippen LogP contribution is 2.29. The number of fused-ring (bicyclic) bond motifs is 1. The quantitative estimate of drug-likeness (QED) is 0.822. The van der Waals surface area contributed by atoms with Crippen molar-refractivity contribution in [3.8, 4) is 0 Å². The van der Waals surface area contributed by atoms with Crippen LogP contribution in [-0.2, 0) is 0 Å². The maximum Gasteiger partial charge on any atom is 0.178 e. The Morgan fingerprint density at radius 2 is 2.05 bits per heavy atom. The molecule has 0 saturated heterocycles. The molecule has 0 radical (unpaired) electrons. The summed E-state index contributed by atoms with van der Waals surface area (Å²) in [5, 5.41) is 0.752. The van der Waals surface area contributed by atoms with Crippen molar-refractivity contribution >= 4 is 34.9 Å². The molecule has 1 N–H and O–H groups in total. The molecule has 2 rings (SSSR count). The van der Waals surface area contributed by atoms with Gasteiger partial charge in [0, 0.05) is 12.6 Å².